The second-order valence-corrected chi connectivity index (χ2v) is 7.99. The Bertz CT molecular complexity index is 684. The van der Waals surface area contributed by atoms with Gasteiger partial charge >= 0.3 is 5.97 Å². The molecule has 1 N–H and O–H groups in total. The Morgan fingerprint density at radius 1 is 1.32 bits per heavy atom. The summed E-state index contributed by atoms with van der Waals surface area (Å²) >= 11 is 0. The zero-order valence-corrected chi connectivity index (χ0v) is 17.7. The fourth-order valence-electron chi connectivity index (χ4n) is 3.69. The molecule has 1 amide bonds. The number of nitrogens with one attached hydrogen (secondary N) is 1. The first-order valence-electron chi connectivity index (χ1n) is 10.1. The number of anilines is 1. The van der Waals surface area contributed by atoms with E-state index in [1.54, 1.807) is 18.2 Å². The van der Waals surface area contributed by atoms with Crippen LogP contribution in [0.5, 0.6) is 5.75 Å². The van der Waals surface area contributed by atoms with Crippen LogP contribution in [-0.2, 0) is 14.3 Å². The maximum atomic E-state index is 13.1. The van der Waals surface area contributed by atoms with E-state index in [-0.39, 0.29) is 5.91 Å². The first-order valence-corrected chi connectivity index (χ1v) is 10.1. The topological polar surface area (TPSA) is 73.9 Å². The number of methoxy groups -OCH3 is 1. The minimum atomic E-state index is -0.815. The number of hydrogen-bond acceptors (Lipinski definition) is 5. The van der Waals surface area contributed by atoms with Crippen LogP contribution in [0.1, 0.15) is 63.7 Å². The summed E-state index contributed by atoms with van der Waals surface area (Å²) in [7, 11) is 1.33. The third-order valence-electron chi connectivity index (χ3n) is 5.01. The van der Waals surface area contributed by atoms with E-state index < -0.39 is 11.6 Å². The monoisotopic (exact) mass is 391 g/mol. The first kappa shape index (κ1) is 22.2. The molecule has 0 bridgehead atoms. The van der Waals surface area contributed by atoms with Crippen LogP contribution in [0.15, 0.2) is 18.2 Å². The summed E-state index contributed by atoms with van der Waals surface area (Å²) in [6.07, 6.45) is 3.48. The predicted octanol–water partition coefficient (Wildman–Crippen LogP) is 4.43. The highest BCUT2D eigenvalue weighted by atomic mass is 16.5. The van der Waals surface area contributed by atoms with E-state index >= 15 is 0 Å². The van der Waals surface area contributed by atoms with E-state index in [9.17, 15) is 9.59 Å². The van der Waals surface area contributed by atoms with Crippen molar-refractivity contribution in [2.24, 2.45) is 11.8 Å². The molecule has 1 aromatic carbocycles. The Morgan fingerprint density at radius 3 is 2.68 bits per heavy atom. The van der Waals surface area contributed by atoms with E-state index in [0.717, 1.165) is 12.8 Å². The number of ether oxygens (including phenoxy) is 3. The lowest BCUT2D eigenvalue weighted by atomic mass is 9.78. The third kappa shape index (κ3) is 5.47. The van der Waals surface area contributed by atoms with Crippen molar-refractivity contribution in [3.8, 4) is 5.75 Å². The van der Waals surface area contributed by atoms with Crippen LogP contribution in [0.2, 0.25) is 0 Å². The molecule has 1 aromatic rings. The third-order valence-corrected chi connectivity index (χ3v) is 5.01. The van der Waals surface area contributed by atoms with Crippen molar-refractivity contribution in [1.82, 2.24) is 0 Å². The molecule has 1 saturated carbocycles. The van der Waals surface area contributed by atoms with Gasteiger partial charge in [0.25, 0.3) is 5.91 Å². The summed E-state index contributed by atoms with van der Waals surface area (Å²) in [4.78, 5) is 25.3. The van der Waals surface area contributed by atoms with E-state index in [4.69, 9.17) is 14.2 Å². The molecule has 1 aliphatic carbocycles. The molecule has 0 aromatic heterocycles. The van der Waals surface area contributed by atoms with Gasteiger partial charge in [0.2, 0.25) is 0 Å². The molecule has 0 aliphatic heterocycles. The second kappa shape index (κ2) is 9.92. The molecule has 6 nitrogen and oxygen atoms in total. The van der Waals surface area contributed by atoms with Crippen LogP contribution in [-0.4, -0.2) is 37.8 Å². The highest BCUT2D eigenvalue weighted by Gasteiger charge is 2.42. The second-order valence-electron chi connectivity index (χ2n) is 7.99. The van der Waals surface area contributed by atoms with Gasteiger partial charge < -0.3 is 19.5 Å². The smallest absolute Gasteiger partial charge is 0.341 e. The summed E-state index contributed by atoms with van der Waals surface area (Å²) in [6, 6.07) is 5.04. The van der Waals surface area contributed by atoms with Gasteiger partial charge in [-0.3, -0.25) is 4.79 Å². The van der Waals surface area contributed by atoms with Crippen molar-refractivity contribution in [3.05, 3.63) is 23.8 Å². The van der Waals surface area contributed by atoms with Gasteiger partial charge in [0.05, 0.1) is 13.7 Å². The number of hydrogen-bond donors (Lipinski definition) is 1. The van der Waals surface area contributed by atoms with Gasteiger partial charge in [-0.15, -0.1) is 0 Å². The quantitative estimate of drug-likeness (QED) is 0.664. The molecule has 6 heteroatoms. The maximum Gasteiger partial charge on any atom is 0.341 e. The standard InChI is InChI=1S/C22H33NO5/c1-6-28-22(11-7-8-16(4)13-22)21(25)23-17-9-10-19(27-14-15(2)3)18(12-17)20(24)26-5/h9-10,12,15-16H,6-8,11,13-14H2,1-5H3,(H,23,25)/t16-,22+/m1/s1. The molecule has 0 spiro atoms. The van der Waals surface area contributed by atoms with Crippen molar-refractivity contribution in [1.29, 1.82) is 0 Å². The van der Waals surface area contributed by atoms with Crippen LogP contribution in [0, 0.1) is 11.8 Å². The average Bonchev–Trinajstić information content (AvgIpc) is 2.66. The number of amides is 1. The Hall–Kier alpha value is -2.08. The Morgan fingerprint density at radius 2 is 2.07 bits per heavy atom. The van der Waals surface area contributed by atoms with Crippen LogP contribution in [0.3, 0.4) is 0 Å². The molecular weight excluding hydrogens is 358 g/mol. The van der Waals surface area contributed by atoms with Crippen molar-refractivity contribution < 1.29 is 23.8 Å². The Kier molecular flexibility index (Phi) is 7.87. The Balaban J connectivity index is 2.24. The molecule has 0 heterocycles. The summed E-state index contributed by atoms with van der Waals surface area (Å²) in [5.41, 5.74) is 0.00742. The van der Waals surface area contributed by atoms with Crippen molar-refractivity contribution in [3.63, 3.8) is 0 Å². The van der Waals surface area contributed by atoms with Crippen molar-refractivity contribution >= 4 is 17.6 Å². The van der Waals surface area contributed by atoms with Crippen LogP contribution in [0.25, 0.3) is 0 Å². The molecule has 28 heavy (non-hydrogen) atoms. The summed E-state index contributed by atoms with van der Waals surface area (Å²) in [5.74, 6) is 0.547. The number of carbonyl (C=O) groups excluding carboxylic acids is 2. The predicted molar refractivity (Wildman–Crippen MR) is 109 cm³/mol. The fourth-order valence-corrected chi connectivity index (χ4v) is 3.69. The highest BCUT2D eigenvalue weighted by molar-refractivity contribution is 5.99. The molecule has 1 fully saturated rings. The van der Waals surface area contributed by atoms with Gasteiger partial charge in [-0.25, -0.2) is 4.79 Å². The number of esters is 1. The van der Waals surface area contributed by atoms with Crippen LogP contribution < -0.4 is 10.1 Å². The van der Waals surface area contributed by atoms with Crippen molar-refractivity contribution in [2.45, 2.75) is 59.0 Å². The maximum absolute atomic E-state index is 13.1. The van der Waals surface area contributed by atoms with Gasteiger partial charge in [0, 0.05) is 12.3 Å². The molecule has 0 unspecified atom stereocenters. The summed E-state index contributed by atoms with van der Waals surface area (Å²) < 4.78 is 16.5. The molecule has 1 aliphatic rings. The van der Waals surface area contributed by atoms with Crippen LogP contribution in [0.4, 0.5) is 5.69 Å². The fraction of sp³-hybridized carbons (Fsp3) is 0.636. The lowest BCUT2D eigenvalue weighted by molar-refractivity contribution is -0.147. The SMILES string of the molecule is CCO[C@@]1(C(=O)Nc2ccc(OCC(C)C)c(C(=O)OC)c2)CCC[C@@H](C)C1. The van der Waals surface area contributed by atoms with Gasteiger partial charge in [-0.2, -0.15) is 0 Å². The van der Waals surface area contributed by atoms with Gasteiger partial charge in [0.15, 0.2) is 0 Å². The number of benzene rings is 1. The van der Waals surface area contributed by atoms with E-state index in [0.29, 0.717) is 54.9 Å². The molecule has 2 atom stereocenters. The van der Waals surface area contributed by atoms with Crippen molar-refractivity contribution in [2.75, 3.05) is 25.6 Å². The number of carbonyl (C=O) groups is 2. The lowest BCUT2D eigenvalue weighted by Gasteiger charge is -2.38. The van der Waals surface area contributed by atoms with E-state index in [1.807, 2.05) is 20.8 Å². The average molecular weight is 392 g/mol. The minimum absolute atomic E-state index is 0.160. The molecule has 0 saturated heterocycles. The zero-order valence-electron chi connectivity index (χ0n) is 17.7. The highest BCUT2D eigenvalue weighted by Crippen LogP contribution is 2.36. The molecular formula is C22H33NO5. The van der Waals surface area contributed by atoms with Crippen LogP contribution >= 0.6 is 0 Å². The number of rotatable bonds is 8. The lowest BCUT2D eigenvalue weighted by Crippen LogP contribution is -2.48. The molecule has 156 valence electrons. The molecule has 2 rings (SSSR count). The first-order chi connectivity index (χ1) is 13.3. The normalized spacial score (nSPS) is 22.0. The largest absolute Gasteiger partial charge is 0.492 e. The summed E-state index contributed by atoms with van der Waals surface area (Å²) in [6.45, 7) is 9.09. The Labute approximate surface area is 167 Å². The van der Waals surface area contributed by atoms with E-state index in [2.05, 4.69) is 12.2 Å². The van der Waals surface area contributed by atoms with Gasteiger partial charge in [-0.05, 0) is 56.2 Å². The molecule has 0 radical (unpaired) electrons. The summed E-state index contributed by atoms with van der Waals surface area (Å²) in [5, 5.41) is 2.94. The zero-order chi connectivity index (χ0) is 20.7. The van der Waals surface area contributed by atoms with E-state index in [1.165, 1.54) is 7.11 Å². The minimum Gasteiger partial charge on any atom is -0.492 e. The van der Waals surface area contributed by atoms with Gasteiger partial charge in [0.1, 0.15) is 16.9 Å². The van der Waals surface area contributed by atoms with Gasteiger partial charge in [-0.1, -0.05) is 27.2 Å².